The number of nitrogens with two attached hydrogens (primary N) is 1. The number of unbranched alkanes of at least 4 members (excludes halogenated alkanes) is 4. The molecule has 1 aromatic carbocycles. The van der Waals surface area contributed by atoms with Gasteiger partial charge in [-0.2, -0.15) is 0 Å². The molecule has 0 radical (unpaired) electrons. The monoisotopic (exact) mass is 367 g/mol. The molecule has 0 saturated heterocycles. The average Bonchev–Trinajstić information content (AvgIpc) is 2.69. The minimum Gasteiger partial charge on any atom is -0.360 e. The van der Waals surface area contributed by atoms with Crippen molar-refractivity contribution in [1.82, 2.24) is 0 Å². The highest BCUT2D eigenvalue weighted by Gasteiger charge is 2.60. The average molecular weight is 368 g/mol. The lowest BCUT2D eigenvalue weighted by atomic mass is 9.81. The van der Waals surface area contributed by atoms with Crippen LogP contribution in [0.25, 0.3) is 0 Å². The topological polar surface area (TPSA) is 62.9 Å². The van der Waals surface area contributed by atoms with Crippen molar-refractivity contribution in [2.24, 2.45) is 5.73 Å². The second-order valence-electron chi connectivity index (χ2n) is 6.51. The van der Waals surface area contributed by atoms with Gasteiger partial charge in [0.2, 0.25) is 0 Å². The van der Waals surface area contributed by atoms with Gasteiger partial charge in [-0.3, -0.25) is 0 Å². The van der Waals surface area contributed by atoms with E-state index in [-0.39, 0.29) is 6.04 Å². The maximum Gasteiger partial charge on any atom is 0.319 e. The molecule has 0 heterocycles. The smallest absolute Gasteiger partial charge is 0.319 e. The van der Waals surface area contributed by atoms with Crippen molar-refractivity contribution in [1.29, 1.82) is 0 Å². The van der Waals surface area contributed by atoms with Crippen molar-refractivity contribution in [3.63, 3.8) is 0 Å². The van der Waals surface area contributed by atoms with Crippen molar-refractivity contribution in [3.8, 4) is 0 Å². The standard InChI is InChI=1S/C21H37NO4/c1-6-8-9-10-14-17-19(22)20(26-7-2,18-15-12-11-13-16-18)21(23-3,24-4)25-5/h11-13,15-16,19H,6-10,14,17,22H2,1-5H3. The molecule has 5 nitrogen and oxygen atoms in total. The number of benzene rings is 1. The Kier molecular flexibility index (Phi) is 10.4. The zero-order valence-electron chi connectivity index (χ0n) is 17.1. The molecule has 0 saturated carbocycles. The number of methoxy groups -OCH3 is 3. The van der Waals surface area contributed by atoms with E-state index >= 15 is 0 Å². The Hall–Kier alpha value is -0.980. The fourth-order valence-electron chi connectivity index (χ4n) is 3.69. The quantitative estimate of drug-likeness (QED) is 0.394. The molecule has 0 fully saturated rings. The summed E-state index contributed by atoms with van der Waals surface area (Å²) in [6.45, 7) is 4.61. The van der Waals surface area contributed by atoms with E-state index in [4.69, 9.17) is 24.7 Å². The van der Waals surface area contributed by atoms with Gasteiger partial charge < -0.3 is 24.7 Å². The number of rotatable bonds is 14. The molecule has 2 N–H and O–H groups in total. The molecular formula is C21H37NO4. The molecule has 26 heavy (non-hydrogen) atoms. The first-order chi connectivity index (χ1) is 12.6. The predicted octanol–water partition coefficient (Wildman–Crippen LogP) is 4.20. The van der Waals surface area contributed by atoms with Crippen LogP contribution in [0.15, 0.2) is 30.3 Å². The molecule has 0 spiro atoms. The predicted molar refractivity (Wildman–Crippen MR) is 105 cm³/mol. The van der Waals surface area contributed by atoms with E-state index in [1.54, 1.807) is 21.3 Å². The third-order valence-electron chi connectivity index (χ3n) is 4.98. The lowest BCUT2D eigenvalue weighted by Gasteiger charge is -2.49. The van der Waals surface area contributed by atoms with Crippen LogP contribution in [0.3, 0.4) is 0 Å². The van der Waals surface area contributed by atoms with Gasteiger partial charge in [0.1, 0.15) is 0 Å². The molecule has 1 rings (SSSR count). The molecular weight excluding hydrogens is 330 g/mol. The Balaban J connectivity index is 3.25. The molecule has 2 atom stereocenters. The molecule has 0 amide bonds. The maximum absolute atomic E-state index is 6.73. The summed E-state index contributed by atoms with van der Waals surface area (Å²) < 4.78 is 23.5. The van der Waals surface area contributed by atoms with E-state index < -0.39 is 11.6 Å². The molecule has 0 aliphatic rings. The van der Waals surface area contributed by atoms with Crippen LogP contribution in [0.1, 0.15) is 57.9 Å². The van der Waals surface area contributed by atoms with Crippen molar-refractivity contribution in [3.05, 3.63) is 35.9 Å². The highest BCUT2D eigenvalue weighted by Crippen LogP contribution is 2.44. The van der Waals surface area contributed by atoms with Gasteiger partial charge in [-0.1, -0.05) is 69.4 Å². The molecule has 150 valence electrons. The second-order valence-corrected chi connectivity index (χ2v) is 6.51. The van der Waals surface area contributed by atoms with Crippen LogP contribution in [0.2, 0.25) is 0 Å². The van der Waals surface area contributed by atoms with Crippen LogP contribution < -0.4 is 5.73 Å². The highest BCUT2D eigenvalue weighted by molar-refractivity contribution is 5.27. The zero-order chi connectivity index (χ0) is 19.5. The fourth-order valence-corrected chi connectivity index (χ4v) is 3.69. The number of ether oxygens (including phenoxy) is 4. The van der Waals surface area contributed by atoms with Crippen LogP contribution in [0.5, 0.6) is 0 Å². The molecule has 0 aliphatic heterocycles. The van der Waals surface area contributed by atoms with E-state index in [0.29, 0.717) is 6.61 Å². The second kappa shape index (κ2) is 11.7. The number of hydrogen-bond acceptors (Lipinski definition) is 5. The van der Waals surface area contributed by atoms with E-state index in [0.717, 1.165) is 24.8 Å². The molecule has 5 heteroatoms. The van der Waals surface area contributed by atoms with Gasteiger partial charge in [0.15, 0.2) is 5.60 Å². The van der Waals surface area contributed by atoms with Gasteiger partial charge in [0.05, 0.1) is 0 Å². The Morgan fingerprint density at radius 1 is 0.885 bits per heavy atom. The van der Waals surface area contributed by atoms with E-state index in [1.807, 2.05) is 37.3 Å². The largest absolute Gasteiger partial charge is 0.360 e. The number of hydrogen-bond donors (Lipinski definition) is 1. The van der Waals surface area contributed by atoms with E-state index in [1.165, 1.54) is 19.3 Å². The van der Waals surface area contributed by atoms with Gasteiger partial charge in [-0.05, 0) is 18.9 Å². The van der Waals surface area contributed by atoms with Gasteiger partial charge in [0, 0.05) is 34.0 Å². The summed E-state index contributed by atoms with van der Waals surface area (Å²) in [4.78, 5) is 0. The SMILES string of the molecule is CCCCCCCC(N)C(OCC)(c1ccccc1)C(OC)(OC)OC. The third kappa shape index (κ3) is 4.84. The summed E-state index contributed by atoms with van der Waals surface area (Å²) >= 11 is 0. The normalized spacial score (nSPS) is 15.6. The van der Waals surface area contributed by atoms with Crippen LogP contribution in [-0.2, 0) is 24.5 Å². The van der Waals surface area contributed by atoms with E-state index in [2.05, 4.69) is 6.92 Å². The Bertz CT molecular complexity index is 470. The van der Waals surface area contributed by atoms with Crippen molar-refractivity contribution < 1.29 is 18.9 Å². The lowest BCUT2D eigenvalue weighted by Crippen LogP contribution is -2.65. The van der Waals surface area contributed by atoms with Crippen molar-refractivity contribution in [2.75, 3.05) is 27.9 Å². The Morgan fingerprint density at radius 2 is 1.46 bits per heavy atom. The first-order valence-electron chi connectivity index (χ1n) is 9.69. The summed E-state index contributed by atoms with van der Waals surface area (Å²) in [6, 6.07) is 9.50. The summed E-state index contributed by atoms with van der Waals surface area (Å²) in [5.74, 6) is -1.44. The zero-order valence-corrected chi connectivity index (χ0v) is 17.1. The van der Waals surface area contributed by atoms with Crippen LogP contribution in [0.4, 0.5) is 0 Å². The maximum atomic E-state index is 6.73. The highest BCUT2D eigenvalue weighted by atomic mass is 16.9. The van der Waals surface area contributed by atoms with Crippen LogP contribution >= 0.6 is 0 Å². The van der Waals surface area contributed by atoms with Crippen LogP contribution in [0, 0.1) is 0 Å². The van der Waals surface area contributed by atoms with Crippen molar-refractivity contribution >= 4 is 0 Å². The molecule has 2 unspecified atom stereocenters. The van der Waals surface area contributed by atoms with Gasteiger partial charge in [-0.25, -0.2) is 0 Å². The molecule has 0 bridgehead atoms. The minimum absolute atomic E-state index is 0.355. The van der Waals surface area contributed by atoms with E-state index in [9.17, 15) is 0 Å². The van der Waals surface area contributed by atoms with Gasteiger partial charge in [0.25, 0.3) is 0 Å². The molecule has 1 aromatic rings. The first kappa shape index (κ1) is 23.1. The minimum atomic E-state index is -1.44. The molecule has 0 aromatic heterocycles. The third-order valence-corrected chi connectivity index (χ3v) is 4.98. The fraction of sp³-hybridized carbons (Fsp3) is 0.714. The van der Waals surface area contributed by atoms with Gasteiger partial charge in [-0.15, -0.1) is 0 Å². The van der Waals surface area contributed by atoms with Crippen molar-refractivity contribution in [2.45, 2.75) is 70.0 Å². The Morgan fingerprint density at radius 3 is 1.96 bits per heavy atom. The summed E-state index contributed by atoms with van der Waals surface area (Å²) in [5.41, 5.74) is 6.54. The summed E-state index contributed by atoms with van der Waals surface area (Å²) in [7, 11) is 4.66. The van der Waals surface area contributed by atoms with Gasteiger partial charge >= 0.3 is 5.97 Å². The van der Waals surface area contributed by atoms with Crippen LogP contribution in [-0.4, -0.2) is 40.0 Å². The summed E-state index contributed by atoms with van der Waals surface area (Å²) in [5, 5.41) is 0. The lowest BCUT2D eigenvalue weighted by molar-refractivity contribution is -0.435. The Labute approximate surface area is 159 Å². The molecule has 0 aliphatic carbocycles. The summed E-state index contributed by atoms with van der Waals surface area (Å²) in [6.07, 6.45) is 6.66. The first-order valence-corrected chi connectivity index (χ1v) is 9.69.